The van der Waals surface area contributed by atoms with Gasteiger partial charge in [0.2, 0.25) is 0 Å². The molecule has 1 fully saturated rings. The molecule has 0 bridgehead atoms. The molecule has 2 atom stereocenters. The topological polar surface area (TPSA) is 101 Å². The van der Waals surface area contributed by atoms with E-state index >= 15 is 0 Å². The van der Waals surface area contributed by atoms with Crippen LogP contribution in [0.2, 0.25) is 0 Å². The lowest BCUT2D eigenvalue weighted by Gasteiger charge is -2.24. The summed E-state index contributed by atoms with van der Waals surface area (Å²) in [5.41, 5.74) is -0.667. The average molecular weight is 263 g/mol. The zero-order chi connectivity index (χ0) is 14.2. The van der Waals surface area contributed by atoms with E-state index in [-0.39, 0.29) is 26.2 Å². The first-order chi connectivity index (χ1) is 8.44. The minimum atomic E-state index is -0.700. The van der Waals surface area contributed by atoms with Crippen molar-refractivity contribution in [1.82, 2.24) is 4.90 Å². The van der Waals surface area contributed by atoms with Gasteiger partial charge in [0.15, 0.2) is 0 Å². The molecule has 1 rings (SSSR count). The van der Waals surface area contributed by atoms with Crippen LogP contribution in [-0.2, 0) is 4.79 Å². The SMILES string of the molecule is CC1CN1CCC(=O)O.CCC(CO)(CO)CO. The first-order valence-corrected chi connectivity index (χ1v) is 6.23. The molecule has 0 amide bonds. The van der Waals surface area contributed by atoms with E-state index < -0.39 is 11.4 Å². The molecule has 0 radical (unpaired) electrons. The summed E-state index contributed by atoms with van der Waals surface area (Å²) in [5, 5.41) is 34.2. The van der Waals surface area contributed by atoms with Crippen LogP contribution in [0.15, 0.2) is 0 Å². The minimum absolute atomic E-state index is 0.156. The molecule has 1 saturated heterocycles. The van der Waals surface area contributed by atoms with Crippen LogP contribution in [0.25, 0.3) is 0 Å². The molecule has 0 aromatic carbocycles. The van der Waals surface area contributed by atoms with Crippen LogP contribution >= 0.6 is 0 Å². The Hall–Kier alpha value is -0.690. The van der Waals surface area contributed by atoms with E-state index in [1.807, 2.05) is 6.92 Å². The summed E-state index contributed by atoms with van der Waals surface area (Å²) in [4.78, 5) is 12.1. The van der Waals surface area contributed by atoms with Gasteiger partial charge in [0, 0.05) is 24.5 Å². The van der Waals surface area contributed by atoms with Crippen LogP contribution in [0.5, 0.6) is 0 Å². The average Bonchev–Trinajstić information content (AvgIpc) is 3.07. The number of hydrogen-bond acceptors (Lipinski definition) is 5. The van der Waals surface area contributed by atoms with Crippen LogP contribution in [0.1, 0.15) is 26.7 Å². The Morgan fingerprint density at radius 3 is 1.89 bits per heavy atom. The summed E-state index contributed by atoms with van der Waals surface area (Å²) < 4.78 is 0. The van der Waals surface area contributed by atoms with Gasteiger partial charge in [-0.3, -0.25) is 9.69 Å². The summed E-state index contributed by atoms with van der Waals surface area (Å²) in [5.74, 6) is -0.700. The van der Waals surface area contributed by atoms with Crippen molar-refractivity contribution in [1.29, 1.82) is 0 Å². The second-order valence-electron chi connectivity index (χ2n) is 4.82. The number of carbonyl (C=O) groups is 1. The predicted octanol–water partition coefficient (Wildman–Crippen LogP) is -0.475. The Morgan fingerprint density at radius 1 is 1.28 bits per heavy atom. The van der Waals surface area contributed by atoms with E-state index in [1.54, 1.807) is 0 Å². The Morgan fingerprint density at radius 2 is 1.72 bits per heavy atom. The van der Waals surface area contributed by atoms with Gasteiger partial charge in [0.25, 0.3) is 0 Å². The lowest BCUT2D eigenvalue weighted by atomic mass is 9.88. The highest BCUT2D eigenvalue weighted by Gasteiger charge is 2.28. The number of aliphatic carboxylic acids is 1. The highest BCUT2D eigenvalue weighted by molar-refractivity contribution is 5.66. The number of carboxylic acid groups (broad SMARTS) is 1. The Balaban J connectivity index is 0.000000321. The molecule has 4 N–H and O–H groups in total. The molecular weight excluding hydrogens is 238 g/mol. The van der Waals surface area contributed by atoms with Crippen LogP contribution < -0.4 is 0 Å². The van der Waals surface area contributed by atoms with Crippen molar-refractivity contribution < 1.29 is 25.2 Å². The minimum Gasteiger partial charge on any atom is -0.481 e. The normalized spacial score (nSPS) is 22.1. The van der Waals surface area contributed by atoms with Gasteiger partial charge in [0.1, 0.15) is 0 Å². The van der Waals surface area contributed by atoms with Crippen molar-refractivity contribution in [3.8, 4) is 0 Å². The largest absolute Gasteiger partial charge is 0.481 e. The monoisotopic (exact) mass is 263 g/mol. The first kappa shape index (κ1) is 17.3. The maximum absolute atomic E-state index is 10.0. The van der Waals surface area contributed by atoms with Gasteiger partial charge >= 0.3 is 5.97 Å². The zero-order valence-electron chi connectivity index (χ0n) is 11.2. The van der Waals surface area contributed by atoms with Crippen molar-refractivity contribution in [3.63, 3.8) is 0 Å². The lowest BCUT2D eigenvalue weighted by molar-refractivity contribution is -0.137. The molecule has 6 nitrogen and oxygen atoms in total. The second-order valence-corrected chi connectivity index (χ2v) is 4.82. The summed E-state index contributed by atoms with van der Waals surface area (Å²) in [6.07, 6.45) is 0.876. The van der Waals surface area contributed by atoms with Crippen molar-refractivity contribution >= 4 is 5.97 Å². The van der Waals surface area contributed by atoms with E-state index in [9.17, 15) is 4.79 Å². The van der Waals surface area contributed by atoms with Gasteiger partial charge in [-0.25, -0.2) is 0 Å². The maximum atomic E-state index is 10.0. The molecule has 0 aromatic rings. The zero-order valence-corrected chi connectivity index (χ0v) is 11.2. The molecule has 0 saturated carbocycles. The number of aliphatic hydroxyl groups excluding tert-OH is 3. The van der Waals surface area contributed by atoms with Crippen molar-refractivity contribution in [2.45, 2.75) is 32.7 Å². The number of nitrogens with zero attached hydrogens (tertiary/aromatic N) is 1. The molecule has 6 heteroatoms. The highest BCUT2D eigenvalue weighted by Crippen LogP contribution is 2.18. The predicted molar refractivity (Wildman–Crippen MR) is 67.3 cm³/mol. The van der Waals surface area contributed by atoms with Crippen molar-refractivity contribution in [3.05, 3.63) is 0 Å². The molecule has 1 aliphatic rings. The standard InChI is InChI=1S/C6H11NO2.C6H14O3/c1-5-4-7(5)3-2-6(8)9;1-2-6(3-7,4-8)5-9/h5H,2-4H2,1H3,(H,8,9);7-9H,2-5H2,1H3. The molecule has 0 spiro atoms. The van der Waals surface area contributed by atoms with Crippen LogP contribution in [-0.4, -0.2) is 70.2 Å². The van der Waals surface area contributed by atoms with Gasteiger partial charge in [0.05, 0.1) is 26.2 Å². The fourth-order valence-electron chi connectivity index (χ4n) is 1.33. The third kappa shape index (κ3) is 6.30. The fraction of sp³-hybridized carbons (Fsp3) is 0.917. The van der Waals surface area contributed by atoms with Gasteiger partial charge in [-0.05, 0) is 13.3 Å². The Labute approximate surface area is 108 Å². The van der Waals surface area contributed by atoms with E-state index in [2.05, 4.69) is 11.8 Å². The van der Waals surface area contributed by atoms with Gasteiger partial charge in [-0.2, -0.15) is 0 Å². The molecule has 0 aromatic heterocycles. The molecule has 1 aliphatic heterocycles. The van der Waals surface area contributed by atoms with Crippen LogP contribution in [0.3, 0.4) is 0 Å². The number of rotatable bonds is 7. The fourth-order valence-corrected chi connectivity index (χ4v) is 1.33. The lowest BCUT2D eigenvalue weighted by Crippen LogP contribution is -2.32. The van der Waals surface area contributed by atoms with E-state index in [0.29, 0.717) is 12.5 Å². The molecule has 2 unspecified atom stereocenters. The summed E-state index contributed by atoms with van der Waals surface area (Å²) in [7, 11) is 0. The van der Waals surface area contributed by atoms with Crippen LogP contribution in [0, 0.1) is 5.41 Å². The van der Waals surface area contributed by atoms with E-state index in [4.69, 9.17) is 20.4 Å². The number of hydrogen-bond donors (Lipinski definition) is 4. The highest BCUT2D eigenvalue weighted by atomic mass is 16.4. The number of aliphatic hydroxyl groups is 3. The maximum Gasteiger partial charge on any atom is 0.304 e. The summed E-state index contributed by atoms with van der Waals surface area (Å²) in [6.45, 7) is 5.25. The molecule has 108 valence electrons. The third-order valence-electron chi connectivity index (χ3n) is 3.36. The second kappa shape index (κ2) is 8.42. The van der Waals surface area contributed by atoms with Gasteiger partial charge < -0.3 is 20.4 Å². The number of carboxylic acids is 1. The van der Waals surface area contributed by atoms with E-state index in [1.165, 1.54) is 0 Å². The van der Waals surface area contributed by atoms with Gasteiger partial charge in [-0.15, -0.1) is 0 Å². The Kier molecular flexibility index (Phi) is 8.10. The van der Waals surface area contributed by atoms with Crippen LogP contribution in [0.4, 0.5) is 0 Å². The quantitative estimate of drug-likeness (QED) is 0.463. The summed E-state index contributed by atoms with van der Waals surface area (Å²) in [6, 6.07) is 0.629. The third-order valence-corrected chi connectivity index (χ3v) is 3.36. The Bertz CT molecular complexity index is 225. The first-order valence-electron chi connectivity index (χ1n) is 6.23. The van der Waals surface area contributed by atoms with Crippen molar-refractivity contribution in [2.75, 3.05) is 32.9 Å². The molecule has 1 heterocycles. The smallest absolute Gasteiger partial charge is 0.304 e. The molecule has 0 aliphatic carbocycles. The summed E-state index contributed by atoms with van der Waals surface area (Å²) >= 11 is 0. The molecular formula is C12H25NO5. The van der Waals surface area contributed by atoms with Crippen molar-refractivity contribution in [2.24, 2.45) is 5.41 Å². The molecule has 18 heavy (non-hydrogen) atoms. The van der Waals surface area contributed by atoms with E-state index in [0.717, 1.165) is 13.1 Å². The van der Waals surface area contributed by atoms with Gasteiger partial charge in [-0.1, -0.05) is 6.92 Å².